The van der Waals surface area contributed by atoms with Crippen molar-refractivity contribution in [1.82, 2.24) is 14.5 Å². The van der Waals surface area contributed by atoms with Gasteiger partial charge < -0.3 is 19.8 Å². The highest BCUT2D eigenvalue weighted by Crippen LogP contribution is 2.34. The van der Waals surface area contributed by atoms with Crippen molar-refractivity contribution in [3.63, 3.8) is 0 Å². The van der Waals surface area contributed by atoms with Crippen LogP contribution in [0.25, 0.3) is 21.9 Å². The number of halogens is 3. The molecule has 7 nitrogen and oxygen atoms in total. The van der Waals surface area contributed by atoms with Crippen molar-refractivity contribution in [2.75, 3.05) is 12.3 Å². The highest BCUT2D eigenvalue weighted by molar-refractivity contribution is 6.12. The maximum Gasteiger partial charge on any atom is 0.573 e. The van der Waals surface area contributed by atoms with E-state index in [0.29, 0.717) is 21.9 Å². The minimum atomic E-state index is -4.82. The monoisotopic (exact) mass is 354 g/mol. The standard InChI is InChI=1S/C15H13F3N4O3/c1-2-24-11(23)6-22-10-4-3-8(25-15(16,17)18)5-9(10)12-13(19)20-7-21-14(12)22/h3-5,7H,2,6H2,1H3,(H2,19,20,21). The highest BCUT2D eigenvalue weighted by Gasteiger charge is 2.31. The van der Waals surface area contributed by atoms with Crippen LogP contribution in [0, 0.1) is 0 Å². The molecule has 0 aliphatic heterocycles. The number of aromatic nitrogens is 3. The number of nitrogens with two attached hydrogens (primary N) is 1. The third-order valence-corrected chi connectivity index (χ3v) is 3.47. The number of esters is 1. The molecule has 25 heavy (non-hydrogen) atoms. The van der Waals surface area contributed by atoms with E-state index in [9.17, 15) is 18.0 Å². The maximum absolute atomic E-state index is 12.5. The van der Waals surface area contributed by atoms with Crippen LogP contribution < -0.4 is 10.5 Å². The fourth-order valence-corrected chi connectivity index (χ4v) is 2.61. The van der Waals surface area contributed by atoms with Gasteiger partial charge in [-0.3, -0.25) is 4.79 Å². The third-order valence-electron chi connectivity index (χ3n) is 3.47. The molecule has 10 heteroatoms. The Morgan fingerprint density at radius 1 is 1.32 bits per heavy atom. The van der Waals surface area contributed by atoms with Crippen LogP contribution >= 0.6 is 0 Å². The molecule has 0 spiro atoms. The number of benzene rings is 1. The molecule has 0 unspecified atom stereocenters. The molecule has 2 aromatic heterocycles. The second-order valence-corrected chi connectivity index (χ2v) is 5.08. The van der Waals surface area contributed by atoms with Crippen molar-refractivity contribution in [2.24, 2.45) is 0 Å². The molecule has 0 aliphatic carbocycles. The van der Waals surface area contributed by atoms with E-state index in [1.54, 1.807) is 6.92 Å². The molecule has 0 radical (unpaired) electrons. The molecule has 1 aromatic carbocycles. The molecule has 2 heterocycles. The van der Waals surface area contributed by atoms with Crippen molar-refractivity contribution in [1.29, 1.82) is 0 Å². The van der Waals surface area contributed by atoms with Gasteiger partial charge in [-0.25, -0.2) is 9.97 Å². The fraction of sp³-hybridized carbons (Fsp3) is 0.267. The second-order valence-electron chi connectivity index (χ2n) is 5.08. The summed E-state index contributed by atoms with van der Waals surface area (Å²) < 4.78 is 47.8. The number of ether oxygens (including phenoxy) is 2. The quantitative estimate of drug-likeness (QED) is 0.724. The largest absolute Gasteiger partial charge is 0.573 e. The predicted molar refractivity (Wildman–Crippen MR) is 82.8 cm³/mol. The Bertz CT molecular complexity index is 952. The molecular formula is C15H13F3N4O3. The van der Waals surface area contributed by atoms with E-state index in [1.807, 2.05) is 0 Å². The van der Waals surface area contributed by atoms with Crippen LogP contribution in [0.5, 0.6) is 5.75 Å². The summed E-state index contributed by atoms with van der Waals surface area (Å²) in [7, 11) is 0. The van der Waals surface area contributed by atoms with Gasteiger partial charge in [-0.15, -0.1) is 13.2 Å². The Kier molecular flexibility index (Phi) is 4.11. The molecule has 0 bridgehead atoms. The van der Waals surface area contributed by atoms with Crippen molar-refractivity contribution in [3.8, 4) is 5.75 Å². The molecule has 132 valence electrons. The molecule has 0 fully saturated rings. The number of hydrogen-bond donors (Lipinski definition) is 1. The van der Waals surface area contributed by atoms with E-state index in [4.69, 9.17) is 10.5 Å². The first-order valence-electron chi connectivity index (χ1n) is 7.24. The summed E-state index contributed by atoms with van der Waals surface area (Å²) in [6.45, 7) is 1.71. The number of carbonyl (C=O) groups excluding carboxylic acids is 1. The van der Waals surface area contributed by atoms with E-state index in [2.05, 4.69) is 14.7 Å². The summed E-state index contributed by atoms with van der Waals surface area (Å²) in [4.78, 5) is 19.8. The molecule has 2 N–H and O–H groups in total. The Morgan fingerprint density at radius 3 is 2.76 bits per heavy atom. The molecular weight excluding hydrogens is 341 g/mol. The number of nitrogen functional groups attached to an aromatic ring is 1. The smallest absolute Gasteiger partial charge is 0.465 e. The lowest BCUT2D eigenvalue weighted by molar-refractivity contribution is -0.274. The number of fused-ring (bicyclic) bond motifs is 3. The average molecular weight is 354 g/mol. The topological polar surface area (TPSA) is 92.3 Å². The zero-order valence-electron chi connectivity index (χ0n) is 13.0. The second kappa shape index (κ2) is 6.11. The lowest BCUT2D eigenvalue weighted by Gasteiger charge is -2.09. The molecule has 0 amide bonds. The van der Waals surface area contributed by atoms with Gasteiger partial charge in [0.25, 0.3) is 0 Å². The lowest BCUT2D eigenvalue weighted by atomic mass is 10.2. The summed E-state index contributed by atoms with van der Waals surface area (Å²) in [6.07, 6.45) is -3.61. The number of carbonyl (C=O) groups is 1. The highest BCUT2D eigenvalue weighted by atomic mass is 19.4. The summed E-state index contributed by atoms with van der Waals surface area (Å²) in [5, 5.41) is 0.688. The lowest BCUT2D eigenvalue weighted by Crippen LogP contribution is -2.17. The van der Waals surface area contributed by atoms with Crippen LogP contribution in [-0.4, -0.2) is 33.5 Å². The Morgan fingerprint density at radius 2 is 2.08 bits per heavy atom. The number of nitrogens with zero attached hydrogens (tertiary/aromatic N) is 3. The number of rotatable bonds is 4. The zero-order chi connectivity index (χ0) is 18.2. The molecule has 0 saturated carbocycles. The van der Waals surface area contributed by atoms with Crippen LogP contribution in [0.3, 0.4) is 0 Å². The molecule has 0 aliphatic rings. The normalized spacial score (nSPS) is 11.8. The minimum Gasteiger partial charge on any atom is -0.465 e. The van der Waals surface area contributed by atoms with Crippen LogP contribution in [-0.2, 0) is 16.1 Å². The van der Waals surface area contributed by atoms with Crippen LogP contribution in [0.1, 0.15) is 6.92 Å². The third kappa shape index (κ3) is 3.28. The van der Waals surface area contributed by atoms with Gasteiger partial charge in [-0.05, 0) is 25.1 Å². The zero-order valence-corrected chi connectivity index (χ0v) is 13.0. The minimum absolute atomic E-state index is 0.0850. The van der Waals surface area contributed by atoms with Crippen LogP contribution in [0.2, 0.25) is 0 Å². The number of hydrogen-bond acceptors (Lipinski definition) is 6. The predicted octanol–water partition coefficient (Wildman–Crippen LogP) is 2.63. The number of anilines is 1. The first-order chi connectivity index (χ1) is 11.8. The fourth-order valence-electron chi connectivity index (χ4n) is 2.61. The Labute approximate surface area is 139 Å². The molecule has 3 aromatic rings. The van der Waals surface area contributed by atoms with E-state index in [-0.39, 0.29) is 19.0 Å². The summed E-state index contributed by atoms with van der Waals surface area (Å²) in [5.74, 6) is -0.825. The maximum atomic E-state index is 12.5. The van der Waals surface area contributed by atoms with E-state index < -0.39 is 18.1 Å². The van der Waals surface area contributed by atoms with Gasteiger partial charge >= 0.3 is 12.3 Å². The first-order valence-corrected chi connectivity index (χ1v) is 7.24. The van der Waals surface area contributed by atoms with Crippen LogP contribution in [0.4, 0.5) is 19.0 Å². The van der Waals surface area contributed by atoms with Gasteiger partial charge in [-0.2, -0.15) is 0 Å². The summed E-state index contributed by atoms with van der Waals surface area (Å²) >= 11 is 0. The van der Waals surface area contributed by atoms with Gasteiger partial charge in [0.05, 0.1) is 17.5 Å². The Hall–Kier alpha value is -3.04. The van der Waals surface area contributed by atoms with Gasteiger partial charge in [0.2, 0.25) is 0 Å². The van der Waals surface area contributed by atoms with E-state index in [1.165, 1.54) is 23.0 Å². The van der Waals surface area contributed by atoms with E-state index in [0.717, 1.165) is 6.07 Å². The average Bonchev–Trinajstić information content (AvgIpc) is 2.81. The summed E-state index contributed by atoms with van der Waals surface area (Å²) in [6, 6.07) is 3.74. The molecule has 3 rings (SSSR count). The van der Waals surface area contributed by atoms with Crippen molar-refractivity contribution in [2.45, 2.75) is 19.8 Å². The van der Waals surface area contributed by atoms with Gasteiger partial charge in [0.1, 0.15) is 30.1 Å². The molecule has 0 saturated heterocycles. The first kappa shape index (κ1) is 16.8. The van der Waals surface area contributed by atoms with Gasteiger partial charge in [0.15, 0.2) is 0 Å². The van der Waals surface area contributed by atoms with Crippen LogP contribution in [0.15, 0.2) is 24.5 Å². The Balaban J connectivity index is 2.21. The molecule has 0 atom stereocenters. The SMILES string of the molecule is CCOC(=O)Cn1c2ccc(OC(F)(F)F)cc2c2c(N)ncnc21. The van der Waals surface area contributed by atoms with Gasteiger partial charge in [0, 0.05) is 5.39 Å². The summed E-state index contributed by atoms with van der Waals surface area (Å²) in [5.41, 5.74) is 6.64. The van der Waals surface area contributed by atoms with E-state index >= 15 is 0 Å². The number of alkyl halides is 3. The van der Waals surface area contributed by atoms with Crippen molar-refractivity contribution in [3.05, 3.63) is 24.5 Å². The van der Waals surface area contributed by atoms with Crippen molar-refractivity contribution >= 4 is 33.7 Å². The van der Waals surface area contributed by atoms with Gasteiger partial charge in [-0.1, -0.05) is 0 Å². The van der Waals surface area contributed by atoms with Crippen molar-refractivity contribution < 1.29 is 27.4 Å².